The largest absolute Gasteiger partial charge is 0.378 e. The zero-order valence-electron chi connectivity index (χ0n) is 13.0. The molecule has 1 amide bonds. The lowest BCUT2D eigenvalue weighted by Crippen LogP contribution is -2.45. The first kappa shape index (κ1) is 15.2. The van der Waals surface area contributed by atoms with Gasteiger partial charge < -0.3 is 15.0 Å². The molecule has 0 spiro atoms. The highest BCUT2D eigenvalue weighted by atomic mass is 16.5. The van der Waals surface area contributed by atoms with Gasteiger partial charge in [-0.1, -0.05) is 0 Å². The molecule has 3 rings (SSSR count). The first-order valence-corrected chi connectivity index (χ1v) is 7.87. The lowest BCUT2D eigenvalue weighted by molar-refractivity contribution is -0.136. The predicted octanol–water partition coefficient (Wildman–Crippen LogP) is 0.514. The third-order valence-corrected chi connectivity index (χ3v) is 4.32. The summed E-state index contributed by atoms with van der Waals surface area (Å²) in [5.74, 6) is 0.955. The predicted molar refractivity (Wildman–Crippen MR) is 82.5 cm³/mol. The van der Waals surface area contributed by atoms with E-state index in [2.05, 4.69) is 20.2 Å². The van der Waals surface area contributed by atoms with Crippen molar-refractivity contribution in [3.63, 3.8) is 0 Å². The summed E-state index contributed by atoms with van der Waals surface area (Å²) in [6.07, 6.45) is 5.63. The molecule has 2 fully saturated rings. The number of hydrogen-bond acceptors (Lipinski definition) is 6. The minimum absolute atomic E-state index is 0.186. The van der Waals surface area contributed by atoms with Gasteiger partial charge in [0.2, 0.25) is 5.91 Å². The summed E-state index contributed by atoms with van der Waals surface area (Å²) in [7, 11) is 1.84. The fourth-order valence-electron chi connectivity index (χ4n) is 3.10. The molecule has 0 saturated carbocycles. The lowest BCUT2D eigenvalue weighted by Gasteiger charge is -2.30. The summed E-state index contributed by atoms with van der Waals surface area (Å²) < 4.78 is 5.30. The fraction of sp³-hybridized carbons (Fsp3) is 0.667. The van der Waals surface area contributed by atoms with Crippen molar-refractivity contribution in [2.24, 2.45) is 0 Å². The Bertz CT molecular complexity index is 518. The minimum Gasteiger partial charge on any atom is -0.378 e. The molecule has 1 aromatic heterocycles. The quantitative estimate of drug-likeness (QED) is 0.874. The Morgan fingerprint density at radius 3 is 2.95 bits per heavy atom. The first-order valence-electron chi connectivity index (χ1n) is 7.87. The summed E-state index contributed by atoms with van der Waals surface area (Å²) in [5.41, 5.74) is 0.944. The number of nitrogens with one attached hydrogen (secondary N) is 1. The van der Waals surface area contributed by atoms with Crippen molar-refractivity contribution in [3.05, 3.63) is 18.1 Å². The Labute approximate surface area is 130 Å². The smallest absolute Gasteiger partial charge is 0.236 e. The molecule has 1 atom stereocenters. The van der Waals surface area contributed by atoms with E-state index in [9.17, 15) is 4.79 Å². The van der Waals surface area contributed by atoms with Crippen LogP contribution in [0.15, 0.2) is 12.4 Å². The van der Waals surface area contributed by atoms with Gasteiger partial charge in [-0.05, 0) is 19.4 Å². The second kappa shape index (κ2) is 7.02. The van der Waals surface area contributed by atoms with Crippen molar-refractivity contribution < 1.29 is 9.53 Å². The summed E-state index contributed by atoms with van der Waals surface area (Å²) in [4.78, 5) is 25.4. The first-order chi connectivity index (χ1) is 10.8. The van der Waals surface area contributed by atoms with Gasteiger partial charge in [0.05, 0.1) is 43.9 Å². The second-order valence-electron chi connectivity index (χ2n) is 5.70. The molecule has 7 heteroatoms. The number of aromatic nitrogens is 2. The Kier molecular flexibility index (Phi) is 4.84. The van der Waals surface area contributed by atoms with Gasteiger partial charge in [0.15, 0.2) is 0 Å². The zero-order chi connectivity index (χ0) is 15.4. The Hall–Kier alpha value is -1.73. The van der Waals surface area contributed by atoms with E-state index in [-0.39, 0.29) is 11.9 Å². The molecule has 0 bridgehead atoms. The standard InChI is InChI=1S/C15H23N5O2/c1-16-14-10-17-9-12(18-14)13-3-2-4-20(13)11-15(21)19-5-7-22-8-6-19/h9-10,13H,2-8,11H2,1H3,(H,16,18)/t13-/m1/s1. The number of morpholine rings is 1. The Balaban J connectivity index is 1.66. The van der Waals surface area contributed by atoms with Crippen LogP contribution in [0.5, 0.6) is 0 Å². The van der Waals surface area contributed by atoms with E-state index in [1.54, 1.807) is 6.20 Å². The van der Waals surface area contributed by atoms with Crippen LogP contribution in [0.2, 0.25) is 0 Å². The monoisotopic (exact) mass is 305 g/mol. The maximum absolute atomic E-state index is 12.4. The number of anilines is 1. The Morgan fingerprint density at radius 1 is 1.36 bits per heavy atom. The van der Waals surface area contributed by atoms with Crippen LogP contribution >= 0.6 is 0 Å². The molecule has 2 aliphatic heterocycles. The summed E-state index contributed by atoms with van der Waals surface area (Å²) in [5, 5.41) is 3.02. The van der Waals surface area contributed by atoms with Crippen LogP contribution in [0.25, 0.3) is 0 Å². The minimum atomic E-state index is 0.186. The highest BCUT2D eigenvalue weighted by Crippen LogP contribution is 2.30. The van der Waals surface area contributed by atoms with Gasteiger partial charge >= 0.3 is 0 Å². The van der Waals surface area contributed by atoms with E-state index in [0.29, 0.717) is 32.8 Å². The summed E-state index contributed by atoms with van der Waals surface area (Å²) >= 11 is 0. The van der Waals surface area contributed by atoms with E-state index in [0.717, 1.165) is 30.9 Å². The number of hydrogen-bond donors (Lipinski definition) is 1. The summed E-state index contributed by atoms with van der Waals surface area (Å²) in [6.45, 7) is 4.08. The van der Waals surface area contributed by atoms with Crippen LogP contribution < -0.4 is 5.32 Å². The number of carbonyl (C=O) groups is 1. The Morgan fingerprint density at radius 2 is 2.18 bits per heavy atom. The number of likely N-dealkylation sites (tertiary alicyclic amines) is 1. The third-order valence-electron chi connectivity index (χ3n) is 4.32. The van der Waals surface area contributed by atoms with Crippen molar-refractivity contribution >= 4 is 11.7 Å². The van der Waals surface area contributed by atoms with Crippen molar-refractivity contribution in [1.29, 1.82) is 0 Å². The van der Waals surface area contributed by atoms with Crippen LogP contribution in [0.1, 0.15) is 24.6 Å². The average molecular weight is 305 g/mol. The normalized spacial score (nSPS) is 22.8. The number of rotatable bonds is 4. The van der Waals surface area contributed by atoms with Crippen molar-refractivity contribution in [2.45, 2.75) is 18.9 Å². The molecule has 120 valence electrons. The molecule has 2 aliphatic rings. The van der Waals surface area contributed by atoms with Crippen LogP contribution in [-0.4, -0.2) is 72.1 Å². The molecule has 3 heterocycles. The van der Waals surface area contributed by atoms with Gasteiger partial charge in [-0.25, -0.2) is 4.98 Å². The molecule has 1 aromatic rings. The van der Waals surface area contributed by atoms with Crippen LogP contribution in [0, 0.1) is 0 Å². The molecular weight excluding hydrogens is 282 g/mol. The highest BCUT2D eigenvalue weighted by molar-refractivity contribution is 5.78. The van der Waals surface area contributed by atoms with E-state index in [1.807, 2.05) is 18.1 Å². The number of amides is 1. The van der Waals surface area contributed by atoms with Gasteiger partial charge in [0.25, 0.3) is 0 Å². The second-order valence-corrected chi connectivity index (χ2v) is 5.70. The molecule has 7 nitrogen and oxygen atoms in total. The van der Waals surface area contributed by atoms with Crippen LogP contribution in [0.4, 0.5) is 5.82 Å². The number of carbonyl (C=O) groups excluding carboxylic acids is 1. The van der Waals surface area contributed by atoms with E-state index >= 15 is 0 Å². The fourth-order valence-corrected chi connectivity index (χ4v) is 3.10. The van der Waals surface area contributed by atoms with E-state index < -0.39 is 0 Å². The van der Waals surface area contributed by atoms with Crippen LogP contribution in [0.3, 0.4) is 0 Å². The topological polar surface area (TPSA) is 70.6 Å². The molecule has 2 saturated heterocycles. The molecule has 0 aliphatic carbocycles. The van der Waals surface area contributed by atoms with Gasteiger partial charge in [-0.15, -0.1) is 0 Å². The molecule has 0 aromatic carbocycles. The van der Waals surface area contributed by atoms with Gasteiger partial charge in [-0.3, -0.25) is 14.7 Å². The maximum Gasteiger partial charge on any atom is 0.236 e. The number of nitrogens with zero attached hydrogens (tertiary/aromatic N) is 4. The average Bonchev–Trinajstić information content (AvgIpc) is 3.04. The lowest BCUT2D eigenvalue weighted by atomic mass is 10.1. The van der Waals surface area contributed by atoms with Gasteiger partial charge in [0, 0.05) is 20.1 Å². The van der Waals surface area contributed by atoms with E-state index in [4.69, 9.17) is 4.74 Å². The van der Waals surface area contributed by atoms with Crippen LogP contribution in [-0.2, 0) is 9.53 Å². The van der Waals surface area contributed by atoms with Gasteiger partial charge in [-0.2, -0.15) is 0 Å². The van der Waals surface area contributed by atoms with Crippen molar-refractivity contribution in [1.82, 2.24) is 19.8 Å². The zero-order valence-corrected chi connectivity index (χ0v) is 13.0. The maximum atomic E-state index is 12.4. The SMILES string of the molecule is CNc1cncc([C@H]2CCCN2CC(=O)N2CCOCC2)n1. The molecule has 0 unspecified atom stereocenters. The molecule has 0 radical (unpaired) electrons. The molecular formula is C15H23N5O2. The number of ether oxygens (including phenoxy) is 1. The van der Waals surface area contributed by atoms with E-state index in [1.165, 1.54) is 0 Å². The van der Waals surface area contributed by atoms with Crippen molar-refractivity contribution in [2.75, 3.05) is 51.8 Å². The molecule has 22 heavy (non-hydrogen) atoms. The molecule has 1 N–H and O–H groups in total. The van der Waals surface area contributed by atoms with Crippen molar-refractivity contribution in [3.8, 4) is 0 Å². The third kappa shape index (κ3) is 3.36. The van der Waals surface area contributed by atoms with Gasteiger partial charge in [0.1, 0.15) is 5.82 Å². The summed E-state index contributed by atoms with van der Waals surface area (Å²) in [6, 6.07) is 0.186. The highest BCUT2D eigenvalue weighted by Gasteiger charge is 2.30.